The third-order valence-corrected chi connectivity index (χ3v) is 2.80. The largest absolute Gasteiger partial charge is 0.465 e. The van der Waals surface area contributed by atoms with Crippen molar-refractivity contribution in [2.24, 2.45) is 0 Å². The number of carbonyl (C=O) groups is 1. The zero-order valence-electron chi connectivity index (χ0n) is 10.2. The van der Waals surface area contributed by atoms with E-state index in [-0.39, 0.29) is 12.4 Å². The lowest BCUT2D eigenvalue weighted by Gasteiger charge is -2.03. The van der Waals surface area contributed by atoms with Crippen LogP contribution in [0.5, 0.6) is 0 Å². The number of aromatic nitrogens is 1. The van der Waals surface area contributed by atoms with E-state index < -0.39 is 5.97 Å². The van der Waals surface area contributed by atoms with Crippen molar-refractivity contribution < 1.29 is 13.9 Å². The lowest BCUT2D eigenvalue weighted by Crippen LogP contribution is -2.07. The van der Waals surface area contributed by atoms with Crippen LogP contribution < -0.4 is 5.73 Å². The normalized spacial score (nSPS) is 10.9. The van der Waals surface area contributed by atoms with Gasteiger partial charge < -0.3 is 14.9 Å². The number of carbonyl (C=O) groups excluding carboxylic acids is 1. The highest BCUT2D eigenvalue weighted by Crippen LogP contribution is 2.23. The summed E-state index contributed by atoms with van der Waals surface area (Å²) in [6.45, 7) is 2.05. The molecule has 5 nitrogen and oxygen atoms in total. The van der Waals surface area contributed by atoms with E-state index in [1.165, 1.54) is 17.6 Å². The van der Waals surface area contributed by atoms with Crippen LogP contribution in [-0.2, 0) is 9.53 Å². The number of halogens is 1. The molecule has 0 spiro atoms. The van der Waals surface area contributed by atoms with Crippen molar-refractivity contribution in [2.45, 2.75) is 6.92 Å². The van der Waals surface area contributed by atoms with Crippen molar-refractivity contribution in [3.63, 3.8) is 0 Å². The zero-order valence-corrected chi connectivity index (χ0v) is 11.8. The molecular formula is C12H13ClN2O3S. The van der Waals surface area contributed by atoms with Gasteiger partial charge >= 0.3 is 5.97 Å². The fraction of sp³-hybridized carbons (Fsp3) is 0.167. The molecule has 0 saturated carbocycles. The van der Waals surface area contributed by atoms with Crippen LogP contribution in [0.15, 0.2) is 28.2 Å². The number of ether oxygens (including phenoxy) is 1. The van der Waals surface area contributed by atoms with E-state index in [0.717, 1.165) is 0 Å². The van der Waals surface area contributed by atoms with E-state index in [1.807, 2.05) is 0 Å². The molecule has 0 aromatic carbocycles. The summed E-state index contributed by atoms with van der Waals surface area (Å²) >= 11 is 1.27. The van der Waals surface area contributed by atoms with E-state index >= 15 is 0 Å². The minimum Gasteiger partial charge on any atom is -0.465 e. The first-order chi connectivity index (χ1) is 8.70. The minimum atomic E-state index is -0.445. The van der Waals surface area contributed by atoms with Gasteiger partial charge in [0, 0.05) is 5.38 Å². The van der Waals surface area contributed by atoms with E-state index in [2.05, 4.69) is 4.98 Å². The Bertz CT molecular complexity index is 563. The Labute approximate surface area is 120 Å². The molecule has 19 heavy (non-hydrogen) atoms. The van der Waals surface area contributed by atoms with Crippen LogP contribution in [-0.4, -0.2) is 17.6 Å². The molecule has 0 atom stereocenters. The molecule has 0 fully saturated rings. The summed E-state index contributed by atoms with van der Waals surface area (Å²) < 4.78 is 10.2. The molecule has 102 valence electrons. The van der Waals surface area contributed by atoms with Gasteiger partial charge in [-0.3, -0.25) is 0 Å². The SMILES string of the molecule is CCOC(=O)C(=Cc1ccco1)c1csc(N)n1.Cl. The molecule has 2 aromatic rings. The van der Waals surface area contributed by atoms with E-state index in [0.29, 0.717) is 28.8 Å². The molecule has 2 heterocycles. The predicted molar refractivity (Wildman–Crippen MR) is 77.0 cm³/mol. The molecule has 2 aromatic heterocycles. The lowest BCUT2D eigenvalue weighted by atomic mass is 10.2. The number of rotatable bonds is 4. The average molecular weight is 301 g/mol. The second-order valence-electron chi connectivity index (χ2n) is 3.36. The average Bonchev–Trinajstić information content (AvgIpc) is 2.97. The van der Waals surface area contributed by atoms with Crippen molar-refractivity contribution >= 4 is 46.5 Å². The zero-order chi connectivity index (χ0) is 13.0. The predicted octanol–water partition coefficient (Wildman–Crippen LogP) is 2.84. The number of nitrogen functional groups attached to an aromatic ring is 1. The fourth-order valence-corrected chi connectivity index (χ4v) is 1.94. The van der Waals surface area contributed by atoms with Crippen molar-refractivity contribution in [3.05, 3.63) is 35.2 Å². The molecule has 0 radical (unpaired) electrons. The van der Waals surface area contributed by atoms with Gasteiger partial charge in [0.05, 0.1) is 24.1 Å². The first kappa shape index (κ1) is 15.3. The smallest absolute Gasteiger partial charge is 0.340 e. The van der Waals surface area contributed by atoms with Gasteiger partial charge in [-0.1, -0.05) is 0 Å². The summed E-state index contributed by atoms with van der Waals surface area (Å²) in [4.78, 5) is 16.0. The molecule has 7 heteroatoms. The van der Waals surface area contributed by atoms with Crippen molar-refractivity contribution in [2.75, 3.05) is 12.3 Å². The Morgan fingerprint density at radius 3 is 2.95 bits per heavy atom. The summed E-state index contributed by atoms with van der Waals surface area (Å²) in [5.74, 6) is 0.115. The summed E-state index contributed by atoms with van der Waals surface area (Å²) in [7, 11) is 0. The molecule has 0 aliphatic heterocycles. The van der Waals surface area contributed by atoms with E-state index in [1.54, 1.807) is 30.5 Å². The monoisotopic (exact) mass is 300 g/mol. The van der Waals surface area contributed by atoms with Crippen LogP contribution >= 0.6 is 23.7 Å². The maximum absolute atomic E-state index is 11.9. The van der Waals surface area contributed by atoms with Crippen LogP contribution in [0.1, 0.15) is 18.4 Å². The number of hydrogen-bond donors (Lipinski definition) is 1. The maximum atomic E-state index is 11.9. The number of nitrogens with zero attached hydrogens (tertiary/aromatic N) is 1. The second kappa shape index (κ2) is 6.96. The summed E-state index contributed by atoms with van der Waals surface area (Å²) in [6.07, 6.45) is 3.12. The van der Waals surface area contributed by atoms with Gasteiger partial charge in [-0.15, -0.1) is 23.7 Å². The lowest BCUT2D eigenvalue weighted by molar-refractivity contribution is -0.136. The molecule has 2 rings (SSSR count). The number of nitrogens with two attached hydrogens (primary N) is 1. The van der Waals surface area contributed by atoms with Gasteiger partial charge in [0.25, 0.3) is 0 Å². The van der Waals surface area contributed by atoms with Crippen molar-refractivity contribution in [3.8, 4) is 0 Å². The molecule has 0 bridgehead atoms. The fourth-order valence-electron chi connectivity index (χ4n) is 1.37. The third kappa shape index (κ3) is 3.84. The summed E-state index contributed by atoms with van der Waals surface area (Å²) in [5.41, 5.74) is 6.39. The Kier molecular flexibility index (Phi) is 5.59. The van der Waals surface area contributed by atoms with Crippen LogP contribution in [0.3, 0.4) is 0 Å². The highest BCUT2D eigenvalue weighted by Gasteiger charge is 2.16. The van der Waals surface area contributed by atoms with Crippen molar-refractivity contribution in [1.29, 1.82) is 0 Å². The molecule has 0 unspecified atom stereocenters. The highest BCUT2D eigenvalue weighted by molar-refractivity contribution is 7.13. The van der Waals surface area contributed by atoms with Gasteiger partial charge in [0.1, 0.15) is 5.76 Å². The Morgan fingerprint density at radius 1 is 1.63 bits per heavy atom. The number of anilines is 1. The van der Waals surface area contributed by atoms with Gasteiger partial charge in [-0.25, -0.2) is 9.78 Å². The molecule has 0 saturated heterocycles. The third-order valence-electron chi connectivity index (χ3n) is 2.12. The topological polar surface area (TPSA) is 78.3 Å². The first-order valence-corrected chi connectivity index (χ1v) is 6.22. The van der Waals surface area contributed by atoms with Crippen LogP contribution in [0.25, 0.3) is 11.6 Å². The van der Waals surface area contributed by atoms with Crippen LogP contribution in [0, 0.1) is 0 Å². The molecular weight excluding hydrogens is 288 g/mol. The highest BCUT2D eigenvalue weighted by atomic mass is 35.5. The molecule has 0 aliphatic rings. The van der Waals surface area contributed by atoms with Crippen LogP contribution in [0.4, 0.5) is 5.13 Å². The minimum absolute atomic E-state index is 0. The summed E-state index contributed by atoms with van der Waals surface area (Å²) in [6, 6.07) is 3.49. The van der Waals surface area contributed by atoms with Gasteiger partial charge in [-0.05, 0) is 25.1 Å². The number of hydrogen-bond acceptors (Lipinski definition) is 6. The van der Waals surface area contributed by atoms with E-state index in [9.17, 15) is 4.79 Å². The molecule has 0 amide bonds. The molecule has 2 N–H and O–H groups in total. The van der Waals surface area contributed by atoms with Gasteiger partial charge in [0.15, 0.2) is 5.13 Å². The first-order valence-electron chi connectivity index (χ1n) is 5.34. The standard InChI is InChI=1S/C12H12N2O3S.ClH/c1-2-16-11(15)9(6-8-4-3-5-17-8)10-7-18-12(13)14-10;/h3-7H,2H2,1H3,(H2,13,14);1H. The number of esters is 1. The Morgan fingerprint density at radius 2 is 2.42 bits per heavy atom. The van der Waals surface area contributed by atoms with Crippen molar-refractivity contribution in [1.82, 2.24) is 4.98 Å². The van der Waals surface area contributed by atoms with Gasteiger partial charge in [-0.2, -0.15) is 0 Å². The second-order valence-corrected chi connectivity index (χ2v) is 4.25. The van der Waals surface area contributed by atoms with Crippen LogP contribution in [0.2, 0.25) is 0 Å². The quantitative estimate of drug-likeness (QED) is 0.694. The van der Waals surface area contributed by atoms with E-state index in [4.69, 9.17) is 14.9 Å². The van der Waals surface area contributed by atoms with Gasteiger partial charge in [0.2, 0.25) is 0 Å². The number of furan rings is 1. The summed E-state index contributed by atoms with van der Waals surface area (Å²) in [5, 5.41) is 2.11. The maximum Gasteiger partial charge on any atom is 0.340 e. The number of thiazole rings is 1. The Balaban J connectivity index is 0.00000180. The molecule has 0 aliphatic carbocycles. The Hall–Kier alpha value is -1.79.